The minimum atomic E-state index is 0.0561. The Labute approximate surface area is 174 Å². The molecule has 2 heterocycles. The number of thiophene rings is 1. The Morgan fingerprint density at radius 3 is 2.39 bits per heavy atom. The normalized spacial score (nSPS) is 21.0. The van der Waals surface area contributed by atoms with Crippen LogP contribution in [0, 0.1) is 17.3 Å². The SMILES string of the molecule is CC(C)N(C)C(=O)C1CCN(C(=O)c2cc3c(s2)CCC(C(C)(C)C)C3)CC1. The molecule has 1 aromatic rings. The van der Waals surface area contributed by atoms with E-state index in [9.17, 15) is 9.59 Å². The standard InChI is InChI=1S/C23H36N2O2S/c1-15(2)24(6)21(26)16-9-11-25(12-10-16)22(27)20-14-17-13-18(23(3,4)5)7-8-19(17)28-20/h14-16,18H,7-13H2,1-6H3. The van der Waals surface area contributed by atoms with E-state index in [4.69, 9.17) is 0 Å². The molecular formula is C23H36N2O2S. The first-order valence-electron chi connectivity index (χ1n) is 10.8. The van der Waals surface area contributed by atoms with Crippen LogP contribution in [0.3, 0.4) is 0 Å². The predicted octanol–water partition coefficient (Wildman–Crippen LogP) is 4.62. The van der Waals surface area contributed by atoms with Crippen LogP contribution < -0.4 is 0 Å². The molecule has 1 aliphatic heterocycles. The Hall–Kier alpha value is -1.36. The van der Waals surface area contributed by atoms with Gasteiger partial charge in [0, 0.05) is 37.0 Å². The summed E-state index contributed by atoms with van der Waals surface area (Å²) in [6.07, 6.45) is 4.98. The lowest BCUT2D eigenvalue weighted by Crippen LogP contribution is -2.44. The van der Waals surface area contributed by atoms with Crippen molar-refractivity contribution in [3.05, 3.63) is 21.4 Å². The number of hydrogen-bond acceptors (Lipinski definition) is 3. The van der Waals surface area contributed by atoms with E-state index in [1.807, 2.05) is 30.7 Å². The van der Waals surface area contributed by atoms with E-state index in [-0.39, 0.29) is 23.8 Å². The van der Waals surface area contributed by atoms with Gasteiger partial charge in [0.1, 0.15) is 0 Å². The van der Waals surface area contributed by atoms with E-state index in [0.717, 1.165) is 30.6 Å². The third-order valence-electron chi connectivity index (χ3n) is 6.77. The molecule has 1 atom stereocenters. The summed E-state index contributed by atoms with van der Waals surface area (Å²) in [7, 11) is 1.88. The minimum Gasteiger partial charge on any atom is -0.343 e. The highest BCUT2D eigenvalue weighted by molar-refractivity contribution is 7.14. The van der Waals surface area contributed by atoms with Crippen LogP contribution in [0.4, 0.5) is 0 Å². The second-order valence-corrected chi connectivity index (χ2v) is 11.1. The third-order valence-corrected chi connectivity index (χ3v) is 8.00. The maximum absolute atomic E-state index is 13.1. The molecule has 0 radical (unpaired) electrons. The lowest BCUT2D eigenvalue weighted by atomic mass is 9.72. The smallest absolute Gasteiger partial charge is 0.263 e. The number of rotatable bonds is 3. The molecule has 3 rings (SSSR count). The minimum absolute atomic E-state index is 0.0561. The van der Waals surface area contributed by atoms with Gasteiger partial charge in [0.05, 0.1) is 4.88 Å². The Bertz CT molecular complexity index is 723. The Morgan fingerprint density at radius 1 is 1.18 bits per heavy atom. The molecule has 1 saturated heterocycles. The first kappa shape index (κ1) is 21.4. The molecule has 0 bridgehead atoms. The summed E-state index contributed by atoms with van der Waals surface area (Å²) in [6, 6.07) is 2.38. The quantitative estimate of drug-likeness (QED) is 0.738. The van der Waals surface area contributed by atoms with Crippen molar-refractivity contribution in [2.75, 3.05) is 20.1 Å². The molecule has 2 amide bonds. The fraction of sp³-hybridized carbons (Fsp3) is 0.739. The summed E-state index contributed by atoms with van der Waals surface area (Å²) in [4.78, 5) is 31.7. The predicted molar refractivity (Wildman–Crippen MR) is 116 cm³/mol. The third kappa shape index (κ3) is 4.45. The van der Waals surface area contributed by atoms with Gasteiger partial charge in [0.2, 0.25) is 5.91 Å². The van der Waals surface area contributed by atoms with E-state index >= 15 is 0 Å². The molecule has 156 valence electrons. The van der Waals surface area contributed by atoms with E-state index in [0.29, 0.717) is 24.4 Å². The van der Waals surface area contributed by atoms with Crippen LogP contribution in [-0.2, 0) is 17.6 Å². The number of amides is 2. The van der Waals surface area contributed by atoms with E-state index in [1.54, 1.807) is 11.3 Å². The Kier molecular flexibility index (Phi) is 6.23. The van der Waals surface area contributed by atoms with Crippen molar-refractivity contribution < 1.29 is 9.59 Å². The summed E-state index contributed by atoms with van der Waals surface area (Å²) in [5.74, 6) is 1.13. The molecule has 0 aromatic carbocycles. The number of carbonyl (C=O) groups excluding carboxylic acids is 2. The van der Waals surface area contributed by atoms with Crippen molar-refractivity contribution in [1.82, 2.24) is 9.80 Å². The second-order valence-electron chi connectivity index (χ2n) is 9.97. The van der Waals surface area contributed by atoms with Gasteiger partial charge in [0.25, 0.3) is 5.91 Å². The molecule has 0 spiro atoms. The zero-order chi connectivity index (χ0) is 20.6. The fourth-order valence-electron chi connectivity index (χ4n) is 4.40. The maximum Gasteiger partial charge on any atom is 0.263 e. The van der Waals surface area contributed by atoms with Crippen LogP contribution in [0.25, 0.3) is 0 Å². The lowest BCUT2D eigenvalue weighted by molar-refractivity contribution is -0.137. The molecule has 1 fully saturated rings. The highest BCUT2D eigenvalue weighted by Gasteiger charge is 2.33. The van der Waals surface area contributed by atoms with Gasteiger partial charge in [0.15, 0.2) is 0 Å². The Balaban J connectivity index is 1.61. The summed E-state index contributed by atoms with van der Waals surface area (Å²) < 4.78 is 0. The summed E-state index contributed by atoms with van der Waals surface area (Å²) in [5, 5.41) is 0. The lowest BCUT2D eigenvalue weighted by Gasteiger charge is -2.34. The van der Waals surface area contributed by atoms with Crippen LogP contribution in [0.2, 0.25) is 0 Å². The summed E-state index contributed by atoms with van der Waals surface area (Å²) >= 11 is 1.70. The van der Waals surface area contributed by atoms with Crippen molar-refractivity contribution >= 4 is 23.2 Å². The average molecular weight is 405 g/mol. The number of carbonyl (C=O) groups is 2. The molecule has 1 aliphatic carbocycles. The second kappa shape index (κ2) is 8.17. The summed E-state index contributed by atoms with van der Waals surface area (Å²) in [5.41, 5.74) is 1.71. The van der Waals surface area contributed by atoms with Gasteiger partial charge in [-0.2, -0.15) is 0 Å². The summed E-state index contributed by atoms with van der Waals surface area (Å²) in [6.45, 7) is 12.4. The van der Waals surface area contributed by atoms with Crippen molar-refractivity contribution in [2.45, 2.75) is 72.8 Å². The largest absolute Gasteiger partial charge is 0.343 e. The molecule has 1 unspecified atom stereocenters. The molecule has 1 aromatic heterocycles. The van der Waals surface area contributed by atoms with Gasteiger partial charge in [-0.25, -0.2) is 0 Å². The van der Waals surface area contributed by atoms with Gasteiger partial charge in [-0.15, -0.1) is 11.3 Å². The molecule has 28 heavy (non-hydrogen) atoms. The monoisotopic (exact) mass is 404 g/mol. The van der Waals surface area contributed by atoms with Crippen LogP contribution in [0.5, 0.6) is 0 Å². The zero-order valence-corrected chi connectivity index (χ0v) is 19.2. The number of hydrogen-bond donors (Lipinski definition) is 0. The van der Waals surface area contributed by atoms with Crippen molar-refractivity contribution in [1.29, 1.82) is 0 Å². The molecule has 0 saturated carbocycles. The highest BCUT2D eigenvalue weighted by atomic mass is 32.1. The maximum atomic E-state index is 13.1. The average Bonchev–Trinajstić information content (AvgIpc) is 3.09. The van der Waals surface area contributed by atoms with Crippen LogP contribution >= 0.6 is 11.3 Å². The van der Waals surface area contributed by atoms with Gasteiger partial charge in [-0.05, 0) is 68.9 Å². The topological polar surface area (TPSA) is 40.6 Å². The number of fused-ring (bicyclic) bond motifs is 1. The number of aryl methyl sites for hydroxylation is 1. The first-order valence-corrected chi connectivity index (χ1v) is 11.6. The van der Waals surface area contributed by atoms with E-state index < -0.39 is 0 Å². The number of nitrogens with zero attached hydrogens (tertiary/aromatic N) is 2. The van der Waals surface area contributed by atoms with Crippen LogP contribution in [0.15, 0.2) is 6.07 Å². The zero-order valence-electron chi connectivity index (χ0n) is 18.4. The van der Waals surface area contributed by atoms with Gasteiger partial charge >= 0.3 is 0 Å². The molecule has 4 nitrogen and oxygen atoms in total. The van der Waals surface area contributed by atoms with Gasteiger partial charge in [-0.1, -0.05) is 20.8 Å². The Morgan fingerprint density at radius 2 is 1.82 bits per heavy atom. The van der Waals surface area contributed by atoms with Crippen molar-refractivity contribution in [3.63, 3.8) is 0 Å². The highest BCUT2D eigenvalue weighted by Crippen LogP contribution is 2.40. The van der Waals surface area contributed by atoms with Gasteiger partial charge in [-0.3, -0.25) is 9.59 Å². The number of piperidine rings is 1. The molecule has 0 N–H and O–H groups in total. The molecular weight excluding hydrogens is 368 g/mol. The van der Waals surface area contributed by atoms with E-state index in [1.165, 1.54) is 16.9 Å². The van der Waals surface area contributed by atoms with Crippen molar-refractivity contribution in [2.24, 2.45) is 17.3 Å². The molecule has 2 aliphatic rings. The fourth-order valence-corrected chi connectivity index (χ4v) is 5.57. The molecule has 5 heteroatoms. The van der Waals surface area contributed by atoms with E-state index in [2.05, 4.69) is 26.8 Å². The number of likely N-dealkylation sites (tertiary alicyclic amines) is 1. The van der Waals surface area contributed by atoms with Crippen LogP contribution in [-0.4, -0.2) is 47.8 Å². The van der Waals surface area contributed by atoms with Gasteiger partial charge < -0.3 is 9.80 Å². The first-order chi connectivity index (χ1) is 13.1. The van der Waals surface area contributed by atoms with Crippen LogP contribution in [0.1, 0.15) is 74.0 Å². The van der Waals surface area contributed by atoms with Crippen molar-refractivity contribution in [3.8, 4) is 0 Å².